The van der Waals surface area contributed by atoms with Crippen LogP contribution in [0.3, 0.4) is 0 Å². The first kappa shape index (κ1) is 12.9. The minimum Gasteiger partial charge on any atom is -0.469 e. The van der Waals surface area contributed by atoms with Crippen molar-refractivity contribution in [2.45, 2.75) is 19.4 Å². The average molecular weight is 265 g/mol. The van der Waals surface area contributed by atoms with E-state index in [1.807, 2.05) is 7.05 Å². The van der Waals surface area contributed by atoms with Crippen LogP contribution in [-0.2, 0) is 6.42 Å². The summed E-state index contributed by atoms with van der Waals surface area (Å²) in [5.41, 5.74) is 2.52. The molecule has 20 heavy (non-hydrogen) atoms. The fourth-order valence-electron chi connectivity index (χ4n) is 2.88. The van der Waals surface area contributed by atoms with Crippen molar-refractivity contribution in [3.8, 4) is 0 Å². The topological polar surface area (TPSA) is 25.2 Å². The van der Waals surface area contributed by atoms with Crippen LogP contribution >= 0.6 is 0 Å². The number of rotatable bonds is 4. The molecule has 0 bridgehead atoms. The average Bonchev–Trinajstić information content (AvgIpc) is 2.97. The fourth-order valence-corrected chi connectivity index (χ4v) is 2.88. The van der Waals surface area contributed by atoms with E-state index in [9.17, 15) is 0 Å². The summed E-state index contributed by atoms with van der Waals surface area (Å²) in [6, 6.07) is 17.2. The van der Waals surface area contributed by atoms with E-state index in [4.69, 9.17) is 4.42 Å². The van der Waals surface area contributed by atoms with Crippen molar-refractivity contribution in [3.05, 3.63) is 71.7 Å². The Bertz CT molecular complexity index is 709. The maximum Gasteiger partial charge on any atom is 0.108 e. The number of hydrogen-bond acceptors (Lipinski definition) is 2. The lowest BCUT2D eigenvalue weighted by Gasteiger charge is -2.19. The minimum absolute atomic E-state index is 0.162. The van der Waals surface area contributed by atoms with Crippen LogP contribution in [0, 0.1) is 0 Å². The highest BCUT2D eigenvalue weighted by Gasteiger charge is 2.19. The van der Waals surface area contributed by atoms with Gasteiger partial charge in [0.15, 0.2) is 0 Å². The Hall–Kier alpha value is -2.06. The molecule has 0 fully saturated rings. The van der Waals surface area contributed by atoms with Crippen LogP contribution in [0.2, 0.25) is 0 Å². The lowest BCUT2D eigenvalue weighted by atomic mass is 9.93. The summed E-state index contributed by atoms with van der Waals surface area (Å²) in [7, 11) is 2.00. The van der Waals surface area contributed by atoms with E-state index in [0.717, 1.165) is 12.2 Å². The quantitative estimate of drug-likeness (QED) is 0.760. The van der Waals surface area contributed by atoms with Crippen molar-refractivity contribution in [2.75, 3.05) is 7.05 Å². The molecule has 0 aliphatic rings. The summed E-state index contributed by atoms with van der Waals surface area (Å²) in [6.07, 6.45) is 2.69. The van der Waals surface area contributed by atoms with Crippen molar-refractivity contribution in [2.24, 2.45) is 0 Å². The molecule has 2 heteroatoms. The zero-order valence-corrected chi connectivity index (χ0v) is 11.9. The molecule has 1 aromatic heterocycles. The molecule has 3 rings (SSSR count). The van der Waals surface area contributed by atoms with Gasteiger partial charge in [-0.2, -0.15) is 0 Å². The van der Waals surface area contributed by atoms with Gasteiger partial charge < -0.3 is 9.73 Å². The molecular formula is C18H19NO. The highest BCUT2D eigenvalue weighted by atomic mass is 16.3. The third-order valence-electron chi connectivity index (χ3n) is 3.84. The molecule has 2 aromatic carbocycles. The third-order valence-corrected chi connectivity index (χ3v) is 3.84. The van der Waals surface area contributed by atoms with Gasteiger partial charge in [0.05, 0.1) is 12.3 Å². The maximum atomic E-state index is 5.59. The molecule has 1 unspecified atom stereocenters. The maximum absolute atomic E-state index is 5.59. The number of benzene rings is 2. The van der Waals surface area contributed by atoms with Gasteiger partial charge >= 0.3 is 0 Å². The Labute approximate surface area is 119 Å². The molecule has 0 saturated carbocycles. The van der Waals surface area contributed by atoms with E-state index in [2.05, 4.69) is 60.8 Å². The van der Waals surface area contributed by atoms with Crippen molar-refractivity contribution in [3.63, 3.8) is 0 Å². The number of aryl methyl sites for hydroxylation is 1. The molecular weight excluding hydrogens is 246 g/mol. The number of furan rings is 1. The second-order valence-corrected chi connectivity index (χ2v) is 4.94. The molecule has 102 valence electrons. The first-order valence-corrected chi connectivity index (χ1v) is 7.06. The molecule has 3 aromatic rings. The van der Waals surface area contributed by atoms with E-state index in [-0.39, 0.29) is 6.04 Å². The van der Waals surface area contributed by atoms with Crippen LogP contribution < -0.4 is 5.32 Å². The predicted molar refractivity (Wildman–Crippen MR) is 82.9 cm³/mol. The largest absolute Gasteiger partial charge is 0.469 e. The third kappa shape index (κ3) is 2.12. The first-order chi connectivity index (χ1) is 9.85. The van der Waals surface area contributed by atoms with Crippen LogP contribution in [0.5, 0.6) is 0 Å². The van der Waals surface area contributed by atoms with Gasteiger partial charge in [0.25, 0.3) is 0 Å². The van der Waals surface area contributed by atoms with E-state index in [1.165, 1.54) is 21.9 Å². The normalized spacial score (nSPS) is 12.7. The smallest absolute Gasteiger partial charge is 0.108 e. The van der Waals surface area contributed by atoms with Gasteiger partial charge in [0.2, 0.25) is 0 Å². The van der Waals surface area contributed by atoms with E-state index in [0.29, 0.717) is 0 Å². The molecule has 0 radical (unpaired) electrons. The molecule has 1 N–H and O–H groups in total. The van der Waals surface area contributed by atoms with Crippen LogP contribution in [0.4, 0.5) is 0 Å². The Morgan fingerprint density at radius 2 is 1.80 bits per heavy atom. The van der Waals surface area contributed by atoms with Crippen molar-refractivity contribution in [1.29, 1.82) is 0 Å². The lowest BCUT2D eigenvalue weighted by Crippen LogP contribution is -2.18. The molecule has 0 spiro atoms. The van der Waals surface area contributed by atoms with Crippen LogP contribution in [0.25, 0.3) is 10.8 Å². The Morgan fingerprint density at radius 1 is 1.00 bits per heavy atom. The fraction of sp³-hybridized carbons (Fsp3) is 0.222. The minimum atomic E-state index is 0.162. The zero-order chi connectivity index (χ0) is 13.9. The molecule has 2 nitrogen and oxygen atoms in total. The van der Waals surface area contributed by atoms with Gasteiger partial charge in [-0.15, -0.1) is 0 Å². The summed E-state index contributed by atoms with van der Waals surface area (Å²) in [6.45, 7) is 2.12. The number of hydrogen-bond donors (Lipinski definition) is 1. The van der Waals surface area contributed by atoms with Crippen molar-refractivity contribution < 1.29 is 4.42 Å². The van der Waals surface area contributed by atoms with Gasteiger partial charge in [0, 0.05) is 12.0 Å². The monoisotopic (exact) mass is 265 g/mol. The zero-order valence-electron chi connectivity index (χ0n) is 11.9. The second kappa shape index (κ2) is 5.51. The van der Waals surface area contributed by atoms with Gasteiger partial charge in [0.1, 0.15) is 5.76 Å². The molecule has 0 aliphatic heterocycles. The van der Waals surface area contributed by atoms with Crippen LogP contribution in [0.1, 0.15) is 29.9 Å². The summed E-state index contributed by atoms with van der Waals surface area (Å²) >= 11 is 0. The lowest BCUT2D eigenvalue weighted by molar-refractivity contribution is 0.505. The van der Waals surface area contributed by atoms with Crippen molar-refractivity contribution in [1.82, 2.24) is 5.32 Å². The van der Waals surface area contributed by atoms with Crippen molar-refractivity contribution >= 4 is 10.8 Å². The molecule has 1 heterocycles. The van der Waals surface area contributed by atoms with E-state index in [1.54, 1.807) is 6.26 Å². The summed E-state index contributed by atoms with van der Waals surface area (Å²) < 4.78 is 5.59. The van der Waals surface area contributed by atoms with E-state index < -0.39 is 0 Å². The van der Waals surface area contributed by atoms with Gasteiger partial charge in [-0.3, -0.25) is 0 Å². The van der Waals surface area contributed by atoms with Gasteiger partial charge in [-0.25, -0.2) is 0 Å². The Balaban J connectivity index is 2.17. The number of fused-ring (bicyclic) bond motifs is 1. The molecule has 0 amide bonds. The highest BCUT2D eigenvalue weighted by molar-refractivity contribution is 5.86. The Morgan fingerprint density at radius 3 is 2.60 bits per heavy atom. The number of nitrogens with one attached hydrogen (secondary N) is 1. The molecule has 0 aliphatic carbocycles. The van der Waals surface area contributed by atoms with Crippen LogP contribution in [-0.4, -0.2) is 7.05 Å². The molecule has 1 atom stereocenters. The molecule has 0 saturated heterocycles. The first-order valence-electron chi connectivity index (χ1n) is 7.06. The Kier molecular flexibility index (Phi) is 3.57. The standard InChI is InChI=1S/C18H19NO/c1-3-17-16(11-12-20-17)18(19-2)15-10-6-8-13-7-4-5-9-14(13)15/h4-12,18-19H,3H2,1-2H3. The summed E-state index contributed by atoms with van der Waals surface area (Å²) in [5, 5.41) is 5.99. The predicted octanol–water partition coefficient (Wildman–Crippen LogP) is 4.30. The highest BCUT2D eigenvalue weighted by Crippen LogP contribution is 2.31. The summed E-state index contributed by atoms with van der Waals surface area (Å²) in [5.74, 6) is 1.05. The SMILES string of the molecule is CCc1occc1C(NC)c1cccc2ccccc12. The van der Waals surface area contributed by atoms with E-state index >= 15 is 0 Å². The second-order valence-electron chi connectivity index (χ2n) is 4.94. The summed E-state index contributed by atoms with van der Waals surface area (Å²) in [4.78, 5) is 0. The van der Waals surface area contributed by atoms with Gasteiger partial charge in [-0.05, 0) is 29.4 Å². The van der Waals surface area contributed by atoms with Gasteiger partial charge in [-0.1, -0.05) is 49.4 Å². The van der Waals surface area contributed by atoms with Crippen LogP contribution in [0.15, 0.2) is 59.2 Å².